The number of likely N-dealkylation sites (tertiary alicyclic amines) is 1. The quantitative estimate of drug-likeness (QED) is 0.794. The predicted molar refractivity (Wildman–Crippen MR) is 110 cm³/mol. The van der Waals surface area contributed by atoms with Gasteiger partial charge in [-0.25, -0.2) is 0 Å². The van der Waals surface area contributed by atoms with Gasteiger partial charge in [0, 0.05) is 31.5 Å². The summed E-state index contributed by atoms with van der Waals surface area (Å²) < 4.78 is 12.8. The van der Waals surface area contributed by atoms with Gasteiger partial charge in [-0.05, 0) is 50.2 Å². The zero-order valence-electron chi connectivity index (χ0n) is 17.1. The van der Waals surface area contributed by atoms with Gasteiger partial charge in [-0.1, -0.05) is 12.8 Å². The summed E-state index contributed by atoms with van der Waals surface area (Å²) in [6.45, 7) is 2.70. The summed E-state index contributed by atoms with van der Waals surface area (Å²) in [6, 6.07) is 9.63. The Balaban J connectivity index is 1.76. The molecule has 152 valence electrons. The fourth-order valence-corrected chi connectivity index (χ4v) is 3.92. The Hall–Kier alpha value is -2.47. The average molecular weight is 386 g/mol. The van der Waals surface area contributed by atoms with Crippen LogP contribution in [0.15, 0.2) is 36.5 Å². The highest BCUT2D eigenvalue weighted by atomic mass is 16.5. The van der Waals surface area contributed by atoms with Crippen molar-refractivity contribution in [1.29, 1.82) is 0 Å². The molecule has 1 aromatic heterocycles. The number of methoxy groups -OCH3 is 2. The van der Waals surface area contributed by atoms with E-state index in [1.54, 1.807) is 32.4 Å². The number of aromatic nitrogens is 1. The fraction of sp³-hybridized carbons (Fsp3) is 0.500. The van der Waals surface area contributed by atoms with Crippen LogP contribution in [-0.4, -0.2) is 49.2 Å². The number of hydrogen-bond acceptors (Lipinski definition) is 4. The number of aryl methyl sites for hydroxylation is 1. The van der Waals surface area contributed by atoms with Gasteiger partial charge in [0.05, 0.1) is 25.8 Å². The normalized spacial score (nSPS) is 16.2. The molecule has 1 aliphatic rings. The number of nitrogens with zero attached hydrogens (tertiary/aromatic N) is 2. The summed E-state index contributed by atoms with van der Waals surface area (Å²) in [4.78, 5) is 15.4. The Morgan fingerprint density at radius 2 is 1.86 bits per heavy atom. The van der Waals surface area contributed by atoms with Crippen LogP contribution in [0.2, 0.25) is 0 Å². The maximum Gasteiger partial charge on any atom is 0.255 e. The lowest BCUT2D eigenvalue weighted by molar-refractivity contribution is 0.0928. The first-order valence-electron chi connectivity index (χ1n) is 9.99. The third-order valence-electron chi connectivity index (χ3n) is 5.52. The van der Waals surface area contributed by atoms with Crippen LogP contribution in [0.25, 0.3) is 0 Å². The molecule has 2 aromatic rings. The minimum absolute atomic E-state index is 0.131. The second kappa shape index (κ2) is 9.64. The minimum atomic E-state index is -0.131. The van der Waals surface area contributed by atoms with Gasteiger partial charge in [0.25, 0.3) is 5.91 Å². The SMILES string of the molecule is COc1ccc(C(=O)NCC(c2cccn2C)N2CCCCCC2)c(OC)c1. The zero-order chi connectivity index (χ0) is 19.9. The van der Waals surface area contributed by atoms with Crippen LogP contribution >= 0.6 is 0 Å². The van der Waals surface area contributed by atoms with Crippen LogP contribution in [0.5, 0.6) is 11.5 Å². The Morgan fingerprint density at radius 1 is 1.11 bits per heavy atom. The van der Waals surface area contributed by atoms with Gasteiger partial charge in [0.15, 0.2) is 0 Å². The van der Waals surface area contributed by atoms with E-state index in [0.29, 0.717) is 23.6 Å². The minimum Gasteiger partial charge on any atom is -0.497 e. The van der Waals surface area contributed by atoms with Crippen molar-refractivity contribution in [1.82, 2.24) is 14.8 Å². The van der Waals surface area contributed by atoms with E-state index in [9.17, 15) is 4.79 Å². The fourth-order valence-electron chi connectivity index (χ4n) is 3.92. The molecular formula is C22H31N3O3. The first-order chi connectivity index (χ1) is 13.6. The molecule has 0 aliphatic carbocycles. The maximum atomic E-state index is 12.9. The Labute approximate surface area is 167 Å². The van der Waals surface area contributed by atoms with Gasteiger partial charge in [-0.2, -0.15) is 0 Å². The second-order valence-electron chi connectivity index (χ2n) is 7.29. The highest BCUT2D eigenvalue weighted by Crippen LogP contribution is 2.26. The van der Waals surface area contributed by atoms with E-state index in [2.05, 4.69) is 40.2 Å². The van der Waals surface area contributed by atoms with Crippen molar-refractivity contribution in [3.63, 3.8) is 0 Å². The van der Waals surface area contributed by atoms with Crippen molar-refractivity contribution in [3.05, 3.63) is 47.8 Å². The highest BCUT2D eigenvalue weighted by molar-refractivity contribution is 5.97. The van der Waals surface area contributed by atoms with E-state index in [1.807, 2.05) is 0 Å². The summed E-state index contributed by atoms with van der Waals surface area (Å²) >= 11 is 0. The summed E-state index contributed by atoms with van der Waals surface area (Å²) in [5, 5.41) is 3.13. The van der Waals surface area contributed by atoms with E-state index in [4.69, 9.17) is 9.47 Å². The summed E-state index contributed by atoms with van der Waals surface area (Å²) in [5.74, 6) is 1.05. The number of carbonyl (C=O) groups excluding carboxylic acids is 1. The lowest BCUT2D eigenvalue weighted by Gasteiger charge is -2.31. The molecular weight excluding hydrogens is 354 g/mol. The van der Waals surface area contributed by atoms with Crippen molar-refractivity contribution in [2.45, 2.75) is 31.7 Å². The van der Waals surface area contributed by atoms with E-state index in [-0.39, 0.29) is 11.9 Å². The summed E-state index contributed by atoms with van der Waals surface area (Å²) in [7, 11) is 5.23. The molecule has 0 spiro atoms. The number of ether oxygens (including phenoxy) is 2. The molecule has 0 bridgehead atoms. The van der Waals surface area contributed by atoms with Crippen LogP contribution in [0.4, 0.5) is 0 Å². The van der Waals surface area contributed by atoms with Gasteiger partial charge in [-0.3, -0.25) is 9.69 Å². The molecule has 28 heavy (non-hydrogen) atoms. The molecule has 1 amide bonds. The van der Waals surface area contributed by atoms with E-state index < -0.39 is 0 Å². The number of rotatable bonds is 7. The molecule has 0 radical (unpaired) electrons. The van der Waals surface area contributed by atoms with Gasteiger partial charge in [0.2, 0.25) is 0 Å². The Morgan fingerprint density at radius 3 is 2.46 bits per heavy atom. The van der Waals surface area contributed by atoms with Crippen molar-refractivity contribution in [3.8, 4) is 11.5 Å². The van der Waals surface area contributed by atoms with Crippen molar-refractivity contribution in [2.75, 3.05) is 33.9 Å². The van der Waals surface area contributed by atoms with Gasteiger partial charge >= 0.3 is 0 Å². The molecule has 1 atom stereocenters. The molecule has 1 unspecified atom stereocenters. The lowest BCUT2D eigenvalue weighted by Crippen LogP contribution is -2.39. The molecule has 3 rings (SSSR count). The molecule has 2 heterocycles. The van der Waals surface area contributed by atoms with Crippen molar-refractivity contribution in [2.24, 2.45) is 7.05 Å². The largest absolute Gasteiger partial charge is 0.497 e. The zero-order valence-corrected chi connectivity index (χ0v) is 17.1. The molecule has 1 aliphatic heterocycles. The van der Waals surface area contributed by atoms with E-state index >= 15 is 0 Å². The standard InChI is InChI=1S/C22H31N3O3/c1-24-12-8-9-19(24)20(25-13-6-4-5-7-14-25)16-23-22(26)18-11-10-17(27-2)15-21(18)28-3/h8-12,15,20H,4-7,13-14,16H2,1-3H3,(H,23,26). The number of carbonyl (C=O) groups is 1. The lowest BCUT2D eigenvalue weighted by atomic mass is 10.1. The molecule has 1 fully saturated rings. The summed E-state index contributed by atoms with van der Waals surface area (Å²) in [6.07, 6.45) is 7.05. The third-order valence-corrected chi connectivity index (χ3v) is 5.52. The Kier molecular flexibility index (Phi) is 6.98. The van der Waals surface area contributed by atoms with Crippen LogP contribution in [-0.2, 0) is 7.05 Å². The molecule has 6 heteroatoms. The van der Waals surface area contributed by atoms with Crippen LogP contribution in [0, 0.1) is 0 Å². The van der Waals surface area contributed by atoms with Crippen LogP contribution in [0.1, 0.15) is 47.8 Å². The highest BCUT2D eigenvalue weighted by Gasteiger charge is 2.24. The number of benzene rings is 1. The number of hydrogen-bond donors (Lipinski definition) is 1. The summed E-state index contributed by atoms with van der Waals surface area (Å²) in [5.41, 5.74) is 1.74. The molecule has 1 aromatic carbocycles. The first-order valence-corrected chi connectivity index (χ1v) is 9.99. The number of amides is 1. The van der Waals surface area contributed by atoms with Gasteiger partial charge in [-0.15, -0.1) is 0 Å². The van der Waals surface area contributed by atoms with Crippen molar-refractivity contribution >= 4 is 5.91 Å². The molecule has 0 saturated carbocycles. The van der Waals surface area contributed by atoms with Gasteiger partial charge in [0.1, 0.15) is 11.5 Å². The molecule has 6 nitrogen and oxygen atoms in total. The number of nitrogens with one attached hydrogen (secondary N) is 1. The maximum absolute atomic E-state index is 12.9. The second-order valence-corrected chi connectivity index (χ2v) is 7.29. The van der Waals surface area contributed by atoms with Gasteiger partial charge < -0.3 is 19.4 Å². The molecule has 1 N–H and O–H groups in total. The smallest absolute Gasteiger partial charge is 0.255 e. The topological polar surface area (TPSA) is 55.7 Å². The van der Waals surface area contributed by atoms with E-state index in [1.165, 1.54) is 31.4 Å². The molecule has 1 saturated heterocycles. The predicted octanol–water partition coefficient (Wildman–Crippen LogP) is 3.39. The van der Waals surface area contributed by atoms with E-state index in [0.717, 1.165) is 13.1 Å². The average Bonchev–Trinajstić information content (AvgIpc) is 2.97. The van der Waals surface area contributed by atoms with Crippen molar-refractivity contribution < 1.29 is 14.3 Å². The third kappa shape index (κ3) is 4.68. The van der Waals surface area contributed by atoms with Crippen LogP contribution < -0.4 is 14.8 Å². The monoisotopic (exact) mass is 385 g/mol. The first kappa shape index (κ1) is 20.3. The Bertz CT molecular complexity index is 779. The van der Waals surface area contributed by atoms with Crippen LogP contribution in [0.3, 0.4) is 0 Å².